The second-order valence-corrected chi connectivity index (χ2v) is 4.11. The van der Waals surface area contributed by atoms with Gasteiger partial charge < -0.3 is 10.4 Å². The van der Waals surface area contributed by atoms with Gasteiger partial charge in [0.2, 0.25) is 0 Å². The summed E-state index contributed by atoms with van der Waals surface area (Å²) in [5, 5.41) is 19.5. The van der Waals surface area contributed by atoms with E-state index in [1.165, 1.54) is 25.5 Å². The summed E-state index contributed by atoms with van der Waals surface area (Å²) in [4.78, 5) is 10.6. The molecule has 2 N–H and O–H groups in total. The number of aryl methyl sites for hydroxylation is 1. The van der Waals surface area contributed by atoms with Gasteiger partial charge in [-0.1, -0.05) is 11.6 Å². The topological polar surface area (TPSA) is 80.0 Å². The van der Waals surface area contributed by atoms with Crippen molar-refractivity contribution in [3.8, 4) is 0 Å². The van der Waals surface area contributed by atoms with Gasteiger partial charge >= 0.3 is 5.97 Å². The Morgan fingerprint density at radius 1 is 1.62 bits per heavy atom. The van der Waals surface area contributed by atoms with Crippen molar-refractivity contribution >= 4 is 5.97 Å². The number of carboxylic acid groups (broad SMARTS) is 1. The van der Waals surface area contributed by atoms with Crippen molar-refractivity contribution in [3.05, 3.63) is 11.9 Å². The molecular formula is C10H16N4O2. The fourth-order valence-electron chi connectivity index (χ4n) is 1.96. The number of hydrogen-bond donors (Lipinski definition) is 2. The van der Waals surface area contributed by atoms with Crippen LogP contribution < -0.4 is 5.32 Å². The summed E-state index contributed by atoms with van der Waals surface area (Å²) in [7, 11) is 0. The molecule has 1 fully saturated rings. The van der Waals surface area contributed by atoms with Crippen molar-refractivity contribution in [2.75, 3.05) is 6.54 Å². The Bertz CT molecular complexity index is 357. The largest absolute Gasteiger partial charge is 0.476 e. The molecule has 1 aromatic rings. The zero-order chi connectivity index (χ0) is 11.4. The van der Waals surface area contributed by atoms with E-state index in [0.29, 0.717) is 6.04 Å². The van der Waals surface area contributed by atoms with E-state index in [1.807, 2.05) is 0 Å². The van der Waals surface area contributed by atoms with Crippen molar-refractivity contribution in [2.24, 2.45) is 0 Å². The van der Waals surface area contributed by atoms with Gasteiger partial charge in [-0.2, -0.15) is 0 Å². The van der Waals surface area contributed by atoms with Gasteiger partial charge in [-0.25, -0.2) is 4.79 Å². The third-order valence-corrected chi connectivity index (χ3v) is 2.88. The first kappa shape index (κ1) is 11.1. The molecule has 2 heterocycles. The number of aromatic nitrogens is 3. The molecule has 0 saturated carbocycles. The smallest absolute Gasteiger partial charge is 0.358 e. The van der Waals surface area contributed by atoms with Crippen molar-refractivity contribution in [1.82, 2.24) is 20.3 Å². The third kappa shape index (κ3) is 2.79. The van der Waals surface area contributed by atoms with Crippen molar-refractivity contribution < 1.29 is 9.90 Å². The molecule has 0 aromatic carbocycles. The molecule has 0 spiro atoms. The van der Waals surface area contributed by atoms with E-state index in [4.69, 9.17) is 5.11 Å². The fraction of sp³-hybridized carbons (Fsp3) is 0.700. The lowest BCUT2D eigenvalue weighted by Gasteiger charge is -2.23. The number of rotatable bonds is 4. The monoisotopic (exact) mass is 224 g/mol. The average Bonchev–Trinajstić information content (AvgIpc) is 2.76. The molecule has 0 aliphatic carbocycles. The maximum atomic E-state index is 10.6. The molecule has 1 saturated heterocycles. The number of carbonyl (C=O) groups is 1. The minimum absolute atomic E-state index is 0.0107. The van der Waals surface area contributed by atoms with E-state index < -0.39 is 5.97 Å². The summed E-state index contributed by atoms with van der Waals surface area (Å²) >= 11 is 0. The van der Waals surface area contributed by atoms with Crippen LogP contribution in [0.4, 0.5) is 0 Å². The lowest BCUT2D eigenvalue weighted by Crippen LogP contribution is -2.34. The van der Waals surface area contributed by atoms with Gasteiger partial charge in [-0.15, -0.1) is 5.10 Å². The number of aromatic carboxylic acids is 1. The molecule has 1 aliphatic heterocycles. The zero-order valence-electron chi connectivity index (χ0n) is 9.09. The summed E-state index contributed by atoms with van der Waals surface area (Å²) < 4.78 is 1.60. The van der Waals surface area contributed by atoms with Gasteiger partial charge in [0.15, 0.2) is 5.69 Å². The highest BCUT2D eigenvalue weighted by Gasteiger charge is 2.13. The highest BCUT2D eigenvalue weighted by atomic mass is 16.4. The van der Waals surface area contributed by atoms with E-state index in [1.54, 1.807) is 4.68 Å². The number of nitrogens with one attached hydrogen (secondary N) is 1. The molecule has 1 atom stereocenters. The molecule has 1 aromatic heterocycles. The molecule has 0 bridgehead atoms. The highest BCUT2D eigenvalue weighted by Crippen LogP contribution is 2.10. The van der Waals surface area contributed by atoms with Gasteiger partial charge in [0.05, 0.1) is 6.20 Å². The minimum Gasteiger partial charge on any atom is -0.476 e. The second kappa shape index (κ2) is 5.07. The van der Waals surface area contributed by atoms with Crippen LogP contribution in [0.15, 0.2) is 6.20 Å². The van der Waals surface area contributed by atoms with Crippen LogP contribution in [0, 0.1) is 0 Å². The lowest BCUT2D eigenvalue weighted by atomic mass is 10.0. The number of hydrogen-bond acceptors (Lipinski definition) is 4. The SMILES string of the molecule is O=C(O)c1cn(CCC2CCCCN2)nn1. The zero-order valence-corrected chi connectivity index (χ0v) is 9.09. The molecule has 16 heavy (non-hydrogen) atoms. The van der Waals surface area contributed by atoms with Crippen LogP contribution in [0.1, 0.15) is 36.2 Å². The first-order valence-electron chi connectivity index (χ1n) is 5.62. The average molecular weight is 224 g/mol. The standard InChI is InChI=1S/C10H16N4O2/c15-10(16)9-7-14(13-12-9)6-4-8-3-1-2-5-11-8/h7-8,11H,1-6H2,(H,15,16). The van der Waals surface area contributed by atoms with E-state index in [2.05, 4.69) is 15.6 Å². The Hall–Kier alpha value is -1.43. The molecular weight excluding hydrogens is 208 g/mol. The Balaban J connectivity index is 1.81. The summed E-state index contributed by atoms with van der Waals surface area (Å²) in [6.45, 7) is 1.81. The molecule has 1 unspecified atom stereocenters. The van der Waals surface area contributed by atoms with Crippen LogP contribution in [-0.4, -0.2) is 38.7 Å². The number of piperidine rings is 1. The Kier molecular flexibility index (Phi) is 3.51. The quantitative estimate of drug-likeness (QED) is 0.778. The first-order valence-corrected chi connectivity index (χ1v) is 5.62. The minimum atomic E-state index is -1.03. The second-order valence-electron chi connectivity index (χ2n) is 4.11. The first-order chi connectivity index (χ1) is 7.75. The van der Waals surface area contributed by atoms with E-state index in [-0.39, 0.29) is 5.69 Å². The Morgan fingerprint density at radius 2 is 2.50 bits per heavy atom. The third-order valence-electron chi connectivity index (χ3n) is 2.88. The number of nitrogens with zero attached hydrogens (tertiary/aromatic N) is 3. The van der Waals surface area contributed by atoms with Gasteiger partial charge in [-0.3, -0.25) is 4.68 Å². The van der Waals surface area contributed by atoms with Crippen LogP contribution in [0.3, 0.4) is 0 Å². The molecule has 0 amide bonds. The summed E-state index contributed by atoms with van der Waals surface area (Å²) in [6.07, 6.45) is 6.17. The lowest BCUT2D eigenvalue weighted by molar-refractivity contribution is 0.0690. The molecule has 0 radical (unpaired) electrons. The molecule has 1 aliphatic rings. The van der Waals surface area contributed by atoms with Crippen LogP contribution >= 0.6 is 0 Å². The van der Waals surface area contributed by atoms with Crippen molar-refractivity contribution in [3.63, 3.8) is 0 Å². The van der Waals surface area contributed by atoms with Gasteiger partial charge in [-0.05, 0) is 25.8 Å². The van der Waals surface area contributed by atoms with E-state index >= 15 is 0 Å². The summed E-state index contributed by atoms with van der Waals surface area (Å²) in [6, 6.07) is 0.534. The predicted octanol–water partition coefficient (Wildman–Crippen LogP) is 0.508. The van der Waals surface area contributed by atoms with Gasteiger partial charge in [0.1, 0.15) is 0 Å². The normalized spacial score (nSPS) is 20.9. The maximum absolute atomic E-state index is 10.6. The Morgan fingerprint density at radius 3 is 3.12 bits per heavy atom. The van der Waals surface area contributed by atoms with E-state index in [9.17, 15) is 4.79 Å². The molecule has 6 heteroatoms. The summed E-state index contributed by atoms with van der Waals surface area (Å²) in [5.74, 6) is -1.03. The maximum Gasteiger partial charge on any atom is 0.358 e. The van der Waals surface area contributed by atoms with Crippen molar-refractivity contribution in [2.45, 2.75) is 38.3 Å². The highest BCUT2D eigenvalue weighted by molar-refractivity contribution is 5.84. The van der Waals surface area contributed by atoms with Gasteiger partial charge in [0.25, 0.3) is 0 Å². The van der Waals surface area contributed by atoms with Crippen molar-refractivity contribution in [1.29, 1.82) is 0 Å². The van der Waals surface area contributed by atoms with Crippen LogP contribution in [0.2, 0.25) is 0 Å². The molecule has 88 valence electrons. The summed E-state index contributed by atoms with van der Waals surface area (Å²) in [5.41, 5.74) is 0.0107. The van der Waals surface area contributed by atoms with Gasteiger partial charge in [0, 0.05) is 12.6 Å². The molecule has 2 rings (SSSR count). The van der Waals surface area contributed by atoms with E-state index in [0.717, 1.165) is 19.5 Å². The predicted molar refractivity (Wildman–Crippen MR) is 57.2 cm³/mol. The number of carboxylic acids is 1. The van der Waals surface area contributed by atoms with Crippen LogP contribution in [0.5, 0.6) is 0 Å². The Labute approximate surface area is 93.6 Å². The molecule has 6 nitrogen and oxygen atoms in total. The van der Waals surface area contributed by atoms with Crippen LogP contribution in [0.25, 0.3) is 0 Å². The van der Waals surface area contributed by atoms with Crippen LogP contribution in [-0.2, 0) is 6.54 Å². The fourth-order valence-corrected chi connectivity index (χ4v) is 1.96.